The van der Waals surface area contributed by atoms with Crippen LogP contribution < -0.4 is 5.73 Å². The Morgan fingerprint density at radius 2 is 2.14 bits per heavy atom. The van der Waals surface area contributed by atoms with Crippen LogP contribution in [-0.2, 0) is 4.79 Å². The van der Waals surface area contributed by atoms with Crippen LogP contribution in [0.4, 0.5) is 0 Å². The van der Waals surface area contributed by atoms with Gasteiger partial charge in [-0.15, -0.1) is 0 Å². The Hall–Kier alpha value is -0.680. The van der Waals surface area contributed by atoms with Crippen LogP contribution in [0.3, 0.4) is 0 Å². The molecule has 0 bridgehead atoms. The summed E-state index contributed by atoms with van der Waals surface area (Å²) in [5.74, 6) is -0.545. The molecule has 0 aromatic carbocycles. The van der Waals surface area contributed by atoms with Gasteiger partial charge < -0.3 is 15.7 Å². The lowest BCUT2D eigenvalue weighted by molar-refractivity contribution is -0.133. The summed E-state index contributed by atoms with van der Waals surface area (Å²) < 4.78 is 0. The van der Waals surface area contributed by atoms with Crippen molar-refractivity contribution >= 4 is 23.1 Å². The first-order chi connectivity index (χ1) is 6.54. The number of hydrogen-bond donors (Lipinski definition) is 2. The van der Waals surface area contributed by atoms with Crippen molar-refractivity contribution in [1.82, 2.24) is 4.90 Å². The van der Waals surface area contributed by atoms with E-state index in [1.54, 1.807) is 11.8 Å². The number of nitrogens with two attached hydrogens (primary N) is 1. The standard InChI is InChI=1S/C9H18N2O2S/c1-3-4-11(5-6-12)9(13)7(2)8(10)14/h7,12H,3-6H2,1-2H3,(H2,10,14). The number of hydrogen-bond acceptors (Lipinski definition) is 3. The number of aliphatic hydroxyl groups excluding tert-OH is 1. The van der Waals surface area contributed by atoms with Crippen molar-refractivity contribution < 1.29 is 9.90 Å². The van der Waals surface area contributed by atoms with E-state index in [1.165, 1.54) is 0 Å². The van der Waals surface area contributed by atoms with Gasteiger partial charge in [-0.05, 0) is 13.3 Å². The summed E-state index contributed by atoms with van der Waals surface area (Å²) in [6.45, 7) is 4.61. The maximum Gasteiger partial charge on any atom is 0.232 e. The van der Waals surface area contributed by atoms with Crippen LogP contribution in [0.25, 0.3) is 0 Å². The second-order valence-electron chi connectivity index (χ2n) is 3.17. The van der Waals surface area contributed by atoms with E-state index in [1.807, 2.05) is 6.92 Å². The highest BCUT2D eigenvalue weighted by molar-refractivity contribution is 7.80. The number of amides is 1. The largest absolute Gasteiger partial charge is 0.395 e. The molecule has 82 valence electrons. The number of thiocarbonyl (C=S) groups is 1. The van der Waals surface area contributed by atoms with Gasteiger partial charge in [-0.1, -0.05) is 19.1 Å². The third-order valence-electron chi connectivity index (χ3n) is 1.97. The van der Waals surface area contributed by atoms with Crippen LogP contribution >= 0.6 is 12.2 Å². The highest BCUT2D eigenvalue weighted by atomic mass is 32.1. The van der Waals surface area contributed by atoms with Gasteiger partial charge in [-0.2, -0.15) is 0 Å². The van der Waals surface area contributed by atoms with Crippen molar-refractivity contribution in [3.8, 4) is 0 Å². The molecule has 0 rings (SSSR count). The summed E-state index contributed by atoms with van der Waals surface area (Å²) >= 11 is 4.75. The van der Waals surface area contributed by atoms with Gasteiger partial charge in [0.1, 0.15) is 0 Å². The molecule has 3 N–H and O–H groups in total. The molecule has 0 heterocycles. The predicted molar refractivity (Wildman–Crippen MR) is 59.9 cm³/mol. The van der Waals surface area contributed by atoms with Crippen LogP contribution in [-0.4, -0.2) is 40.6 Å². The van der Waals surface area contributed by atoms with Gasteiger partial charge in [0, 0.05) is 13.1 Å². The van der Waals surface area contributed by atoms with E-state index in [9.17, 15) is 4.79 Å². The van der Waals surface area contributed by atoms with E-state index in [-0.39, 0.29) is 17.5 Å². The van der Waals surface area contributed by atoms with Gasteiger partial charge in [-0.3, -0.25) is 4.79 Å². The third-order valence-corrected chi connectivity index (χ3v) is 2.33. The van der Waals surface area contributed by atoms with Crippen molar-refractivity contribution in [2.45, 2.75) is 20.3 Å². The van der Waals surface area contributed by atoms with E-state index in [4.69, 9.17) is 23.1 Å². The molecular formula is C9H18N2O2S. The van der Waals surface area contributed by atoms with Crippen LogP contribution in [0.5, 0.6) is 0 Å². The molecule has 0 aromatic heterocycles. The number of carbonyl (C=O) groups excluding carboxylic acids is 1. The van der Waals surface area contributed by atoms with E-state index in [0.717, 1.165) is 6.42 Å². The zero-order chi connectivity index (χ0) is 11.1. The Labute approximate surface area is 90.1 Å². The van der Waals surface area contributed by atoms with Crippen LogP contribution in [0, 0.1) is 5.92 Å². The van der Waals surface area contributed by atoms with Gasteiger partial charge >= 0.3 is 0 Å². The second kappa shape index (κ2) is 6.73. The molecule has 0 saturated heterocycles. The molecule has 4 nitrogen and oxygen atoms in total. The van der Waals surface area contributed by atoms with Gasteiger partial charge in [0.2, 0.25) is 5.91 Å². The fourth-order valence-electron chi connectivity index (χ4n) is 1.12. The molecule has 0 radical (unpaired) electrons. The smallest absolute Gasteiger partial charge is 0.232 e. The van der Waals surface area contributed by atoms with Gasteiger partial charge in [0.05, 0.1) is 17.5 Å². The number of rotatable bonds is 6. The van der Waals surface area contributed by atoms with E-state index in [0.29, 0.717) is 13.1 Å². The molecule has 5 heteroatoms. The monoisotopic (exact) mass is 218 g/mol. The normalized spacial score (nSPS) is 12.2. The topological polar surface area (TPSA) is 66.6 Å². The Kier molecular flexibility index (Phi) is 6.40. The molecule has 1 atom stereocenters. The van der Waals surface area contributed by atoms with Crippen LogP contribution in [0.15, 0.2) is 0 Å². The van der Waals surface area contributed by atoms with Gasteiger partial charge in [0.15, 0.2) is 0 Å². The van der Waals surface area contributed by atoms with E-state index in [2.05, 4.69) is 0 Å². The average Bonchev–Trinajstić information content (AvgIpc) is 2.15. The zero-order valence-electron chi connectivity index (χ0n) is 8.69. The predicted octanol–water partition coefficient (Wildman–Crippen LogP) is 0.140. The summed E-state index contributed by atoms with van der Waals surface area (Å²) in [7, 11) is 0. The van der Waals surface area contributed by atoms with Crippen molar-refractivity contribution in [3.05, 3.63) is 0 Å². The molecule has 0 fully saturated rings. The minimum atomic E-state index is -0.442. The Morgan fingerprint density at radius 3 is 2.50 bits per heavy atom. The average molecular weight is 218 g/mol. The molecule has 0 aliphatic rings. The Morgan fingerprint density at radius 1 is 1.57 bits per heavy atom. The molecule has 1 unspecified atom stereocenters. The van der Waals surface area contributed by atoms with E-state index >= 15 is 0 Å². The summed E-state index contributed by atoms with van der Waals surface area (Å²) in [5, 5.41) is 8.77. The fourth-order valence-corrected chi connectivity index (χ4v) is 1.22. The van der Waals surface area contributed by atoms with Gasteiger partial charge in [-0.25, -0.2) is 0 Å². The molecule has 1 amide bonds. The minimum Gasteiger partial charge on any atom is -0.395 e. The first kappa shape index (κ1) is 13.3. The van der Waals surface area contributed by atoms with Crippen molar-refractivity contribution in [2.75, 3.05) is 19.7 Å². The molecule has 0 aromatic rings. The second-order valence-corrected chi connectivity index (χ2v) is 3.64. The highest BCUT2D eigenvalue weighted by Gasteiger charge is 2.21. The fraction of sp³-hybridized carbons (Fsp3) is 0.778. The lowest BCUT2D eigenvalue weighted by Gasteiger charge is -2.24. The minimum absolute atomic E-state index is 0.0320. The first-order valence-corrected chi connectivity index (χ1v) is 5.14. The lowest BCUT2D eigenvalue weighted by atomic mass is 10.1. The quantitative estimate of drug-likeness (QED) is 0.622. The molecule has 0 spiro atoms. The molecule has 0 aliphatic carbocycles. The SMILES string of the molecule is CCCN(CCO)C(=O)C(C)C(N)=S. The molecular weight excluding hydrogens is 200 g/mol. The van der Waals surface area contributed by atoms with Crippen molar-refractivity contribution in [3.63, 3.8) is 0 Å². The van der Waals surface area contributed by atoms with Gasteiger partial charge in [0.25, 0.3) is 0 Å². The maximum atomic E-state index is 11.7. The number of aliphatic hydroxyl groups is 1. The molecule has 14 heavy (non-hydrogen) atoms. The Bertz CT molecular complexity index is 203. The number of nitrogens with zero attached hydrogens (tertiary/aromatic N) is 1. The first-order valence-electron chi connectivity index (χ1n) is 4.73. The summed E-state index contributed by atoms with van der Waals surface area (Å²) in [6.07, 6.45) is 0.857. The van der Waals surface area contributed by atoms with Crippen LogP contribution in [0.2, 0.25) is 0 Å². The van der Waals surface area contributed by atoms with Crippen LogP contribution in [0.1, 0.15) is 20.3 Å². The maximum absolute atomic E-state index is 11.7. The highest BCUT2D eigenvalue weighted by Crippen LogP contribution is 2.03. The van der Waals surface area contributed by atoms with E-state index < -0.39 is 5.92 Å². The molecule has 0 saturated carbocycles. The zero-order valence-corrected chi connectivity index (χ0v) is 9.51. The summed E-state index contributed by atoms with van der Waals surface area (Å²) in [5.41, 5.74) is 5.39. The third kappa shape index (κ3) is 4.02. The number of carbonyl (C=O) groups is 1. The lowest BCUT2D eigenvalue weighted by Crippen LogP contribution is -2.41. The summed E-state index contributed by atoms with van der Waals surface area (Å²) in [4.78, 5) is 13.5. The van der Waals surface area contributed by atoms with Crippen molar-refractivity contribution in [1.29, 1.82) is 0 Å². The summed E-state index contributed by atoms with van der Waals surface area (Å²) in [6, 6.07) is 0. The Balaban J connectivity index is 4.33. The van der Waals surface area contributed by atoms with Crippen molar-refractivity contribution in [2.24, 2.45) is 11.7 Å². The molecule has 0 aliphatic heterocycles.